The summed E-state index contributed by atoms with van der Waals surface area (Å²) in [5.41, 5.74) is 0. The number of nitrogens with one attached hydrogen (secondary N) is 1. The van der Waals surface area contributed by atoms with Gasteiger partial charge in [-0.25, -0.2) is 0 Å². The van der Waals surface area contributed by atoms with Crippen LogP contribution in [0.5, 0.6) is 0 Å². The van der Waals surface area contributed by atoms with Crippen molar-refractivity contribution < 1.29 is 9.90 Å². The van der Waals surface area contributed by atoms with Crippen molar-refractivity contribution in [3.05, 3.63) is 0 Å². The van der Waals surface area contributed by atoms with E-state index < -0.39 is 0 Å². The Morgan fingerprint density at radius 3 is 2.56 bits per heavy atom. The van der Waals surface area contributed by atoms with Gasteiger partial charge in [0.25, 0.3) is 0 Å². The number of hydrogen-bond acceptors (Lipinski definition) is 3. The van der Waals surface area contributed by atoms with E-state index in [0.29, 0.717) is 18.5 Å². The first-order valence-corrected chi connectivity index (χ1v) is 7.40. The Hall–Kier alpha value is -0.610. The molecule has 1 aliphatic heterocycles. The van der Waals surface area contributed by atoms with Crippen LogP contribution in [0.1, 0.15) is 51.9 Å². The summed E-state index contributed by atoms with van der Waals surface area (Å²) in [7, 11) is 0. The summed E-state index contributed by atoms with van der Waals surface area (Å²) in [4.78, 5) is 14.4. The maximum Gasteiger partial charge on any atom is 0.237 e. The number of aliphatic hydroxyl groups excluding tert-OH is 1. The molecular formula is C14H26N2O2. The number of nitrogens with zero attached hydrogens (tertiary/aromatic N) is 1. The third-order valence-electron chi connectivity index (χ3n) is 4.39. The summed E-state index contributed by atoms with van der Waals surface area (Å²) >= 11 is 0. The van der Waals surface area contributed by atoms with E-state index in [1.54, 1.807) is 0 Å². The van der Waals surface area contributed by atoms with Crippen LogP contribution in [0.25, 0.3) is 0 Å². The Kier molecular flexibility index (Phi) is 5.01. The predicted molar refractivity (Wildman–Crippen MR) is 71.3 cm³/mol. The van der Waals surface area contributed by atoms with E-state index in [-0.39, 0.29) is 18.6 Å². The Morgan fingerprint density at radius 1 is 1.28 bits per heavy atom. The van der Waals surface area contributed by atoms with Crippen LogP contribution in [-0.4, -0.2) is 47.2 Å². The second-order valence-corrected chi connectivity index (χ2v) is 5.71. The Morgan fingerprint density at radius 2 is 1.94 bits per heavy atom. The standard InChI is InChI=1S/C14H26N2O2/c1-11-10-15-14(18)13(8-9-17)16(11)12-6-4-2-3-5-7-12/h11-13,17H,2-10H2,1H3,(H,15,18). The quantitative estimate of drug-likeness (QED) is 0.746. The van der Waals surface area contributed by atoms with Gasteiger partial charge in [-0.05, 0) is 26.2 Å². The van der Waals surface area contributed by atoms with Crippen LogP contribution in [0.3, 0.4) is 0 Å². The maximum absolute atomic E-state index is 12.0. The van der Waals surface area contributed by atoms with Crippen molar-refractivity contribution in [1.82, 2.24) is 10.2 Å². The Labute approximate surface area is 110 Å². The summed E-state index contributed by atoms with van der Waals surface area (Å²) < 4.78 is 0. The number of hydrogen-bond donors (Lipinski definition) is 2. The molecule has 0 aromatic rings. The normalized spacial score (nSPS) is 32.0. The van der Waals surface area contributed by atoms with E-state index in [4.69, 9.17) is 0 Å². The van der Waals surface area contributed by atoms with Gasteiger partial charge in [0, 0.05) is 25.2 Å². The predicted octanol–water partition coefficient (Wildman–Crippen LogP) is 1.28. The van der Waals surface area contributed by atoms with Crippen LogP contribution >= 0.6 is 0 Å². The van der Waals surface area contributed by atoms with Gasteiger partial charge in [-0.3, -0.25) is 9.69 Å². The molecule has 1 amide bonds. The molecule has 1 heterocycles. The molecule has 2 rings (SSSR count). The second-order valence-electron chi connectivity index (χ2n) is 5.71. The molecule has 0 aromatic carbocycles. The van der Waals surface area contributed by atoms with Crippen molar-refractivity contribution in [3.63, 3.8) is 0 Å². The molecule has 4 heteroatoms. The lowest BCUT2D eigenvalue weighted by Crippen LogP contribution is -2.62. The molecule has 0 radical (unpaired) electrons. The third-order valence-corrected chi connectivity index (χ3v) is 4.39. The summed E-state index contributed by atoms with van der Waals surface area (Å²) in [6.45, 7) is 3.03. The van der Waals surface area contributed by atoms with Crippen LogP contribution in [0.2, 0.25) is 0 Å². The molecule has 1 aliphatic carbocycles. The monoisotopic (exact) mass is 254 g/mol. The number of piperazine rings is 1. The fourth-order valence-electron chi connectivity index (χ4n) is 3.49. The van der Waals surface area contributed by atoms with Crippen molar-refractivity contribution in [3.8, 4) is 0 Å². The highest BCUT2D eigenvalue weighted by Crippen LogP contribution is 2.27. The lowest BCUT2D eigenvalue weighted by molar-refractivity contribution is -0.133. The third kappa shape index (κ3) is 3.04. The van der Waals surface area contributed by atoms with Crippen molar-refractivity contribution in [2.75, 3.05) is 13.2 Å². The number of amides is 1. The number of rotatable bonds is 3. The molecule has 2 fully saturated rings. The van der Waals surface area contributed by atoms with Crippen molar-refractivity contribution in [1.29, 1.82) is 0 Å². The molecule has 0 aromatic heterocycles. The summed E-state index contributed by atoms with van der Waals surface area (Å²) in [6, 6.07) is 0.800. The molecular weight excluding hydrogens is 228 g/mol. The molecule has 1 saturated carbocycles. The van der Waals surface area contributed by atoms with Gasteiger partial charge in [-0.1, -0.05) is 25.7 Å². The topological polar surface area (TPSA) is 52.6 Å². The molecule has 2 N–H and O–H groups in total. The molecule has 1 saturated heterocycles. The van der Waals surface area contributed by atoms with Crippen LogP contribution in [-0.2, 0) is 4.79 Å². The highest BCUT2D eigenvalue weighted by Gasteiger charge is 2.37. The summed E-state index contributed by atoms with van der Waals surface area (Å²) in [6.07, 6.45) is 8.19. The summed E-state index contributed by atoms with van der Waals surface area (Å²) in [5.74, 6) is 0.103. The van der Waals surface area contributed by atoms with E-state index >= 15 is 0 Å². The van der Waals surface area contributed by atoms with Gasteiger partial charge in [0.1, 0.15) is 0 Å². The van der Waals surface area contributed by atoms with Crippen LogP contribution in [0.15, 0.2) is 0 Å². The maximum atomic E-state index is 12.0. The lowest BCUT2D eigenvalue weighted by atomic mass is 9.97. The van der Waals surface area contributed by atoms with Gasteiger partial charge >= 0.3 is 0 Å². The van der Waals surface area contributed by atoms with Gasteiger partial charge in [-0.2, -0.15) is 0 Å². The molecule has 104 valence electrons. The Bertz CT molecular complexity index is 275. The van der Waals surface area contributed by atoms with Crippen molar-refractivity contribution in [2.45, 2.75) is 70.0 Å². The smallest absolute Gasteiger partial charge is 0.237 e. The van der Waals surface area contributed by atoms with Gasteiger partial charge in [-0.15, -0.1) is 0 Å². The first-order chi connectivity index (χ1) is 8.74. The van der Waals surface area contributed by atoms with Crippen LogP contribution in [0.4, 0.5) is 0 Å². The molecule has 2 unspecified atom stereocenters. The zero-order valence-corrected chi connectivity index (χ0v) is 11.4. The Balaban J connectivity index is 2.10. The van der Waals surface area contributed by atoms with Crippen LogP contribution < -0.4 is 5.32 Å². The fourth-order valence-corrected chi connectivity index (χ4v) is 3.49. The van der Waals surface area contributed by atoms with Gasteiger partial charge in [0.05, 0.1) is 6.04 Å². The van der Waals surface area contributed by atoms with E-state index in [2.05, 4.69) is 17.1 Å². The van der Waals surface area contributed by atoms with E-state index in [9.17, 15) is 9.90 Å². The second kappa shape index (κ2) is 6.53. The highest BCUT2D eigenvalue weighted by atomic mass is 16.3. The van der Waals surface area contributed by atoms with Crippen molar-refractivity contribution in [2.24, 2.45) is 0 Å². The first kappa shape index (κ1) is 13.8. The van der Waals surface area contributed by atoms with E-state index in [1.165, 1.54) is 38.5 Å². The average molecular weight is 254 g/mol. The molecule has 2 atom stereocenters. The minimum atomic E-state index is -0.123. The SMILES string of the molecule is CC1CNC(=O)C(CCO)N1C1CCCCCC1. The number of aliphatic hydroxyl groups is 1. The van der Waals surface area contributed by atoms with Crippen molar-refractivity contribution >= 4 is 5.91 Å². The molecule has 4 nitrogen and oxygen atoms in total. The summed E-state index contributed by atoms with van der Waals surface area (Å²) in [5, 5.41) is 12.1. The minimum Gasteiger partial charge on any atom is -0.396 e. The van der Waals surface area contributed by atoms with Gasteiger partial charge < -0.3 is 10.4 Å². The zero-order chi connectivity index (χ0) is 13.0. The fraction of sp³-hybridized carbons (Fsp3) is 0.929. The number of carbonyl (C=O) groups is 1. The molecule has 0 bridgehead atoms. The van der Waals surface area contributed by atoms with Crippen LogP contribution in [0, 0.1) is 0 Å². The average Bonchev–Trinajstić information content (AvgIpc) is 2.63. The molecule has 2 aliphatic rings. The van der Waals surface area contributed by atoms with E-state index in [0.717, 1.165) is 6.54 Å². The largest absolute Gasteiger partial charge is 0.396 e. The molecule has 18 heavy (non-hydrogen) atoms. The first-order valence-electron chi connectivity index (χ1n) is 7.40. The van der Waals surface area contributed by atoms with E-state index in [1.807, 2.05) is 0 Å². The minimum absolute atomic E-state index is 0.0913. The van der Waals surface area contributed by atoms with Gasteiger partial charge in [0.2, 0.25) is 5.91 Å². The zero-order valence-electron chi connectivity index (χ0n) is 11.4. The van der Waals surface area contributed by atoms with Gasteiger partial charge in [0.15, 0.2) is 0 Å². The lowest BCUT2D eigenvalue weighted by Gasteiger charge is -2.44. The molecule has 0 spiro atoms. The number of carbonyl (C=O) groups excluding carboxylic acids is 1. The highest BCUT2D eigenvalue weighted by molar-refractivity contribution is 5.82.